The van der Waals surface area contributed by atoms with Crippen LogP contribution in [0.15, 0.2) is 60.7 Å². The number of carbonyl (C=O) groups is 2. The van der Waals surface area contributed by atoms with Crippen molar-refractivity contribution in [2.75, 3.05) is 11.9 Å². The lowest BCUT2D eigenvalue weighted by molar-refractivity contribution is -0.136. The second-order valence-corrected chi connectivity index (χ2v) is 6.55. The molecule has 0 aliphatic rings. The van der Waals surface area contributed by atoms with E-state index in [0.717, 1.165) is 22.4 Å². The predicted molar refractivity (Wildman–Crippen MR) is 106 cm³/mol. The Hall–Kier alpha value is -3.25. The minimum absolute atomic E-state index is 0.124. The van der Waals surface area contributed by atoms with E-state index >= 15 is 0 Å². The third kappa shape index (κ3) is 4.53. The molecule has 2 amide bonds. The Morgan fingerprint density at radius 3 is 2.57 bits per heavy atom. The maximum atomic E-state index is 13.5. The number of hydrogen-bond acceptors (Lipinski definition) is 3. The average molecular weight is 380 g/mol. The lowest BCUT2D eigenvalue weighted by Crippen LogP contribution is -2.36. The van der Waals surface area contributed by atoms with Crippen LogP contribution in [-0.4, -0.2) is 23.5 Å². The van der Waals surface area contributed by atoms with Crippen molar-refractivity contribution in [3.05, 3.63) is 77.6 Å². The molecule has 3 aromatic rings. The number of anilines is 1. The van der Waals surface area contributed by atoms with E-state index in [1.54, 1.807) is 6.92 Å². The van der Waals surface area contributed by atoms with Gasteiger partial charge in [-0.1, -0.05) is 48.5 Å². The smallest absolute Gasteiger partial charge is 0.313 e. The molecule has 5 nitrogen and oxygen atoms in total. The Morgan fingerprint density at radius 1 is 1.04 bits per heavy atom. The minimum atomic E-state index is -0.886. The summed E-state index contributed by atoms with van der Waals surface area (Å²) in [4.78, 5) is 23.9. The predicted octanol–water partition coefficient (Wildman–Crippen LogP) is 3.47. The molecule has 0 aromatic heterocycles. The fraction of sp³-hybridized carbons (Fsp3) is 0.182. The number of fused-ring (bicyclic) bond motifs is 1. The fourth-order valence-corrected chi connectivity index (χ4v) is 2.96. The number of aliphatic hydroxyl groups is 1. The summed E-state index contributed by atoms with van der Waals surface area (Å²) in [5, 5.41) is 17.3. The highest BCUT2D eigenvalue weighted by atomic mass is 19.1. The lowest BCUT2D eigenvalue weighted by atomic mass is 9.99. The van der Waals surface area contributed by atoms with Crippen LogP contribution in [0.5, 0.6) is 0 Å². The van der Waals surface area contributed by atoms with Crippen LogP contribution in [0, 0.1) is 12.7 Å². The van der Waals surface area contributed by atoms with E-state index in [9.17, 15) is 19.1 Å². The van der Waals surface area contributed by atoms with Crippen LogP contribution in [0.2, 0.25) is 0 Å². The summed E-state index contributed by atoms with van der Waals surface area (Å²) in [5.41, 5.74) is 1.43. The van der Waals surface area contributed by atoms with E-state index in [4.69, 9.17) is 0 Å². The summed E-state index contributed by atoms with van der Waals surface area (Å²) in [7, 11) is 0. The summed E-state index contributed by atoms with van der Waals surface area (Å²) < 4.78 is 13.5. The molecule has 3 rings (SSSR count). The quantitative estimate of drug-likeness (QED) is 0.593. The molecule has 1 atom stereocenters. The largest absolute Gasteiger partial charge is 0.388 e. The molecule has 0 bridgehead atoms. The van der Waals surface area contributed by atoms with Crippen LogP contribution in [0.4, 0.5) is 10.1 Å². The van der Waals surface area contributed by atoms with Gasteiger partial charge in [-0.3, -0.25) is 9.59 Å². The highest BCUT2D eigenvalue weighted by molar-refractivity contribution is 6.39. The second-order valence-electron chi connectivity index (χ2n) is 6.55. The van der Waals surface area contributed by atoms with Crippen molar-refractivity contribution in [3.8, 4) is 0 Å². The van der Waals surface area contributed by atoms with Gasteiger partial charge < -0.3 is 15.7 Å². The Bertz CT molecular complexity index is 1010. The van der Waals surface area contributed by atoms with E-state index in [-0.39, 0.29) is 18.7 Å². The van der Waals surface area contributed by atoms with Crippen LogP contribution in [0.25, 0.3) is 10.8 Å². The Kier molecular flexibility index (Phi) is 6.01. The zero-order valence-electron chi connectivity index (χ0n) is 15.4. The van der Waals surface area contributed by atoms with Gasteiger partial charge in [0, 0.05) is 12.2 Å². The first-order valence-corrected chi connectivity index (χ1v) is 8.97. The van der Waals surface area contributed by atoms with Gasteiger partial charge in [0.2, 0.25) is 0 Å². The highest BCUT2D eigenvalue weighted by Gasteiger charge is 2.16. The summed E-state index contributed by atoms with van der Waals surface area (Å²) >= 11 is 0. The number of carbonyl (C=O) groups excluding carboxylic acids is 2. The van der Waals surface area contributed by atoms with Crippen molar-refractivity contribution in [3.63, 3.8) is 0 Å². The first-order valence-electron chi connectivity index (χ1n) is 8.97. The third-order valence-corrected chi connectivity index (χ3v) is 4.52. The van der Waals surface area contributed by atoms with E-state index in [1.807, 2.05) is 42.5 Å². The van der Waals surface area contributed by atoms with Crippen LogP contribution in [-0.2, 0) is 9.59 Å². The molecular weight excluding hydrogens is 359 g/mol. The molecular formula is C22H21FN2O3. The van der Waals surface area contributed by atoms with Crippen LogP contribution >= 0.6 is 0 Å². The van der Waals surface area contributed by atoms with Crippen LogP contribution in [0.1, 0.15) is 23.7 Å². The fourth-order valence-electron chi connectivity index (χ4n) is 2.96. The molecule has 3 aromatic carbocycles. The molecule has 0 saturated carbocycles. The van der Waals surface area contributed by atoms with Crippen molar-refractivity contribution >= 4 is 28.3 Å². The molecule has 144 valence electrons. The van der Waals surface area contributed by atoms with Gasteiger partial charge in [0.1, 0.15) is 5.82 Å². The zero-order valence-corrected chi connectivity index (χ0v) is 15.4. The number of amides is 2. The number of rotatable bonds is 5. The molecule has 0 aliphatic heterocycles. The van der Waals surface area contributed by atoms with Crippen molar-refractivity contribution in [1.29, 1.82) is 0 Å². The molecule has 0 aliphatic carbocycles. The van der Waals surface area contributed by atoms with Gasteiger partial charge in [0.05, 0.1) is 6.10 Å². The Morgan fingerprint density at radius 2 is 1.79 bits per heavy atom. The van der Waals surface area contributed by atoms with Crippen molar-refractivity contribution in [2.24, 2.45) is 0 Å². The van der Waals surface area contributed by atoms with Gasteiger partial charge in [-0.15, -0.1) is 0 Å². The van der Waals surface area contributed by atoms with Gasteiger partial charge in [0.25, 0.3) is 0 Å². The minimum Gasteiger partial charge on any atom is -0.388 e. The van der Waals surface area contributed by atoms with Gasteiger partial charge in [-0.2, -0.15) is 0 Å². The van der Waals surface area contributed by atoms with Crippen molar-refractivity contribution in [2.45, 2.75) is 19.4 Å². The maximum absolute atomic E-state index is 13.5. The molecule has 0 heterocycles. The first kappa shape index (κ1) is 19.5. The van der Waals surface area contributed by atoms with Crippen molar-refractivity contribution < 1.29 is 19.1 Å². The SMILES string of the molecule is Cc1ccc(NC(=O)C(=O)NCCC(O)c2cccc3ccccc23)cc1F. The number of benzene rings is 3. The Balaban J connectivity index is 1.54. The molecule has 0 fully saturated rings. The monoisotopic (exact) mass is 380 g/mol. The molecule has 3 N–H and O–H groups in total. The van der Waals surface area contributed by atoms with E-state index in [0.29, 0.717) is 5.56 Å². The standard InChI is InChI=1S/C22H21FN2O3/c1-14-9-10-16(13-19(14)23)25-22(28)21(27)24-12-11-20(26)18-8-4-6-15-5-2-3-7-17(15)18/h2-10,13,20,26H,11-12H2,1H3,(H,24,27)(H,25,28). The zero-order chi connectivity index (χ0) is 20.1. The maximum Gasteiger partial charge on any atom is 0.313 e. The molecule has 28 heavy (non-hydrogen) atoms. The molecule has 1 unspecified atom stereocenters. The lowest BCUT2D eigenvalue weighted by Gasteiger charge is -2.14. The topological polar surface area (TPSA) is 78.4 Å². The van der Waals surface area contributed by atoms with Gasteiger partial charge in [0.15, 0.2) is 0 Å². The van der Waals surface area contributed by atoms with Crippen LogP contribution < -0.4 is 10.6 Å². The van der Waals surface area contributed by atoms with Gasteiger partial charge in [-0.05, 0) is 47.4 Å². The van der Waals surface area contributed by atoms with Gasteiger partial charge in [-0.25, -0.2) is 4.39 Å². The summed E-state index contributed by atoms with van der Waals surface area (Å²) in [6.07, 6.45) is -0.521. The first-order chi connectivity index (χ1) is 13.5. The number of aliphatic hydroxyl groups excluding tert-OH is 1. The number of aryl methyl sites for hydroxylation is 1. The van der Waals surface area contributed by atoms with E-state index < -0.39 is 23.7 Å². The van der Waals surface area contributed by atoms with E-state index in [1.165, 1.54) is 12.1 Å². The highest BCUT2D eigenvalue weighted by Crippen LogP contribution is 2.25. The average Bonchev–Trinajstić information content (AvgIpc) is 2.70. The summed E-state index contributed by atoms with van der Waals surface area (Å²) in [6.45, 7) is 1.73. The van der Waals surface area contributed by atoms with Crippen molar-refractivity contribution in [1.82, 2.24) is 5.32 Å². The Labute approximate surface area is 162 Å². The molecule has 6 heteroatoms. The second kappa shape index (κ2) is 8.63. The van der Waals surface area contributed by atoms with Crippen LogP contribution in [0.3, 0.4) is 0 Å². The normalized spacial score (nSPS) is 11.8. The molecule has 0 spiro atoms. The molecule has 0 saturated heterocycles. The summed E-state index contributed by atoms with van der Waals surface area (Å²) in [5.74, 6) is -2.19. The third-order valence-electron chi connectivity index (χ3n) is 4.52. The number of halogens is 1. The van der Waals surface area contributed by atoms with Gasteiger partial charge >= 0.3 is 11.8 Å². The summed E-state index contributed by atoms with van der Waals surface area (Å²) in [6, 6.07) is 17.6. The molecule has 0 radical (unpaired) electrons. The number of nitrogens with one attached hydrogen (secondary N) is 2. The van der Waals surface area contributed by atoms with E-state index in [2.05, 4.69) is 10.6 Å². The number of hydrogen-bond donors (Lipinski definition) is 3.